The number of benzene rings is 1. The number of aromatic nitrogens is 2. The molecule has 0 aliphatic carbocycles. The second-order valence-electron chi connectivity index (χ2n) is 4.41. The topological polar surface area (TPSA) is 58.0 Å². The largest absolute Gasteiger partial charge is 0.387 e. The highest BCUT2D eigenvalue weighted by molar-refractivity contribution is 5.21. The molecule has 2 rings (SSSR count). The van der Waals surface area contributed by atoms with Crippen LogP contribution in [-0.2, 0) is 6.54 Å². The fourth-order valence-corrected chi connectivity index (χ4v) is 1.82. The predicted octanol–water partition coefficient (Wildman–Crippen LogP) is 1.89. The molecule has 20 heavy (non-hydrogen) atoms. The SMILES string of the molecule is Cc1nccc(CNCC(O)c2cc(F)ccc2F)n1. The van der Waals surface area contributed by atoms with E-state index in [0.717, 1.165) is 23.9 Å². The number of halogens is 2. The summed E-state index contributed by atoms with van der Waals surface area (Å²) in [5.74, 6) is -0.550. The van der Waals surface area contributed by atoms with Crippen LogP contribution in [0.1, 0.15) is 23.2 Å². The third kappa shape index (κ3) is 3.79. The lowest BCUT2D eigenvalue weighted by Crippen LogP contribution is -2.22. The summed E-state index contributed by atoms with van der Waals surface area (Å²) >= 11 is 0. The molecule has 2 aromatic rings. The zero-order valence-corrected chi connectivity index (χ0v) is 11.0. The Hall–Kier alpha value is -1.92. The quantitative estimate of drug-likeness (QED) is 0.877. The molecule has 0 fully saturated rings. The fourth-order valence-electron chi connectivity index (χ4n) is 1.82. The van der Waals surface area contributed by atoms with Gasteiger partial charge in [-0.15, -0.1) is 0 Å². The van der Waals surface area contributed by atoms with Crippen LogP contribution in [0.15, 0.2) is 30.5 Å². The van der Waals surface area contributed by atoms with E-state index < -0.39 is 17.7 Å². The molecule has 6 heteroatoms. The standard InChI is InChI=1S/C14H15F2N3O/c1-9-18-5-4-11(19-9)7-17-8-14(20)12-6-10(15)2-3-13(12)16/h2-6,14,17,20H,7-8H2,1H3. The summed E-state index contributed by atoms with van der Waals surface area (Å²) in [6.45, 7) is 2.29. The molecule has 1 aromatic carbocycles. The molecular weight excluding hydrogens is 264 g/mol. The molecule has 1 aromatic heterocycles. The van der Waals surface area contributed by atoms with Crippen LogP contribution >= 0.6 is 0 Å². The van der Waals surface area contributed by atoms with E-state index in [9.17, 15) is 13.9 Å². The van der Waals surface area contributed by atoms with Gasteiger partial charge in [0.15, 0.2) is 0 Å². The monoisotopic (exact) mass is 279 g/mol. The summed E-state index contributed by atoms with van der Waals surface area (Å²) in [5, 5.41) is 12.8. The number of aryl methyl sites for hydroxylation is 1. The second kappa shape index (κ2) is 6.49. The van der Waals surface area contributed by atoms with Gasteiger partial charge in [-0.25, -0.2) is 18.7 Å². The first-order chi connectivity index (χ1) is 9.56. The van der Waals surface area contributed by atoms with Crippen LogP contribution < -0.4 is 5.32 Å². The number of aliphatic hydroxyl groups is 1. The van der Waals surface area contributed by atoms with Gasteiger partial charge in [0, 0.05) is 24.8 Å². The first-order valence-electron chi connectivity index (χ1n) is 6.18. The molecular formula is C14H15F2N3O. The Morgan fingerprint density at radius 2 is 2.10 bits per heavy atom. The number of rotatable bonds is 5. The van der Waals surface area contributed by atoms with Crippen molar-refractivity contribution in [3.05, 3.63) is 59.2 Å². The van der Waals surface area contributed by atoms with Crippen molar-refractivity contribution in [2.24, 2.45) is 0 Å². The Morgan fingerprint density at radius 1 is 1.30 bits per heavy atom. The van der Waals surface area contributed by atoms with Crippen molar-refractivity contribution >= 4 is 0 Å². The van der Waals surface area contributed by atoms with Crippen LogP contribution in [0.4, 0.5) is 8.78 Å². The number of nitrogens with zero attached hydrogens (tertiary/aromatic N) is 2. The number of hydrogen-bond donors (Lipinski definition) is 2. The molecule has 106 valence electrons. The Bertz CT molecular complexity index is 592. The first kappa shape index (κ1) is 14.5. The molecule has 1 atom stereocenters. The first-order valence-corrected chi connectivity index (χ1v) is 6.18. The maximum atomic E-state index is 13.4. The molecule has 0 aliphatic rings. The van der Waals surface area contributed by atoms with Crippen molar-refractivity contribution in [2.45, 2.75) is 19.6 Å². The van der Waals surface area contributed by atoms with Crippen molar-refractivity contribution in [3.63, 3.8) is 0 Å². The van der Waals surface area contributed by atoms with E-state index in [2.05, 4.69) is 15.3 Å². The van der Waals surface area contributed by atoms with Crippen molar-refractivity contribution in [2.75, 3.05) is 6.54 Å². The Morgan fingerprint density at radius 3 is 2.85 bits per heavy atom. The second-order valence-corrected chi connectivity index (χ2v) is 4.41. The lowest BCUT2D eigenvalue weighted by atomic mass is 10.1. The summed E-state index contributed by atoms with van der Waals surface area (Å²) in [6.07, 6.45) is 0.524. The number of hydrogen-bond acceptors (Lipinski definition) is 4. The van der Waals surface area contributed by atoms with Gasteiger partial charge in [-0.05, 0) is 31.2 Å². The van der Waals surface area contributed by atoms with Gasteiger partial charge in [0.05, 0.1) is 11.8 Å². The average Bonchev–Trinajstić information content (AvgIpc) is 2.41. The van der Waals surface area contributed by atoms with Gasteiger partial charge in [-0.2, -0.15) is 0 Å². The Balaban J connectivity index is 1.92. The minimum atomic E-state index is -1.12. The fraction of sp³-hybridized carbons (Fsp3) is 0.286. The van der Waals surface area contributed by atoms with Crippen LogP contribution in [0.5, 0.6) is 0 Å². The van der Waals surface area contributed by atoms with Crippen molar-refractivity contribution in [3.8, 4) is 0 Å². The van der Waals surface area contributed by atoms with Gasteiger partial charge >= 0.3 is 0 Å². The van der Waals surface area contributed by atoms with Crippen LogP contribution in [0.3, 0.4) is 0 Å². The van der Waals surface area contributed by atoms with Gasteiger partial charge in [0.25, 0.3) is 0 Å². The smallest absolute Gasteiger partial charge is 0.129 e. The highest BCUT2D eigenvalue weighted by Gasteiger charge is 2.13. The molecule has 1 heterocycles. The molecule has 2 N–H and O–H groups in total. The average molecular weight is 279 g/mol. The predicted molar refractivity (Wildman–Crippen MR) is 69.8 cm³/mol. The minimum Gasteiger partial charge on any atom is -0.387 e. The Labute approximate surface area is 115 Å². The number of aliphatic hydroxyl groups excluding tert-OH is 1. The third-order valence-corrected chi connectivity index (χ3v) is 2.79. The highest BCUT2D eigenvalue weighted by Crippen LogP contribution is 2.17. The van der Waals surface area contributed by atoms with Crippen molar-refractivity contribution < 1.29 is 13.9 Å². The van der Waals surface area contributed by atoms with Gasteiger partial charge in [-0.3, -0.25) is 0 Å². The molecule has 1 unspecified atom stereocenters. The normalized spacial score (nSPS) is 12.4. The van der Waals surface area contributed by atoms with Crippen molar-refractivity contribution in [1.29, 1.82) is 0 Å². The molecule has 0 spiro atoms. The van der Waals surface area contributed by atoms with Crippen LogP contribution in [0.25, 0.3) is 0 Å². The van der Waals surface area contributed by atoms with Crippen LogP contribution in [0.2, 0.25) is 0 Å². The lowest BCUT2D eigenvalue weighted by Gasteiger charge is -2.13. The van der Waals surface area contributed by atoms with E-state index >= 15 is 0 Å². The molecule has 0 radical (unpaired) electrons. The van der Waals surface area contributed by atoms with Gasteiger partial charge in [0.1, 0.15) is 17.5 Å². The van der Waals surface area contributed by atoms with E-state index in [0.29, 0.717) is 12.4 Å². The summed E-state index contributed by atoms with van der Waals surface area (Å²) < 4.78 is 26.5. The van der Waals surface area contributed by atoms with E-state index in [1.807, 2.05) is 0 Å². The summed E-state index contributed by atoms with van der Waals surface area (Å²) in [6, 6.07) is 4.76. The van der Waals surface area contributed by atoms with Crippen LogP contribution in [-0.4, -0.2) is 21.6 Å². The molecule has 0 aliphatic heterocycles. The third-order valence-electron chi connectivity index (χ3n) is 2.79. The number of nitrogens with one attached hydrogen (secondary N) is 1. The van der Waals surface area contributed by atoms with E-state index in [1.54, 1.807) is 19.2 Å². The highest BCUT2D eigenvalue weighted by atomic mass is 19.1. The molecule has 0 saturated heterocycles. The van der Waals surface area contributed by atoms with Crippen LogP contribution in [0, 0.1) is 18.6 Å². The lowest BCUT2D eigenvalue weighted by molar-refractivity contribution is 0.169. The van der Waals surface area contributed by atoms with E-state index in [4.69, 9.17) is 0 Å². The summed E-state index contributed by atoms with van der Waals surface area (Å²) in [7, 11) is 0. The van der Waals surface area contributed by atoms with Gasteiger partial charge in [0.2, 0.25) is 0 Å². The zero-order chi connectivity index (χ0) is 14.5. The molecule has 4 nitrogen and oxygen atoms in total. The Kier molecular flexibility index (Phi) is 4.70. The summed E-state index contributed by atoms with van der Waals surface area (Å²) in [4.78, 5) is 8.16. The molecule has 0 saturated carbocycles. The van der Waals surface area contributed by atoms with E-state index in [1.165, 1.54) is 0 Å². The molecule has 0 amide bonds. The maximum Gasteiger partial charge on any atom is 0.129 e. The van der Waals surface area contributed by atoms with Gasteiger partial charge < -0.3 is 10.4 Å². The minimum absolute atomic E-state index is 0.0589. The van der Waals surface area contributed by atoms with Crippen molar-refractivity contribution in [1.82, 2.24) is 15.3 Å². The maximum absolute atomic E-state index is 13.4. The van der Waals surface area contributed by atoms with E-state index in [-0.39, 0.29) is 12.1 Å². The zero-order valence-electron chi connectivity index (χ0n) is 11.0. The molecule has 0 bridgehead atoms. The summed E-state index contributed by atoms with van der Waals surface area (Å²) in [5.41, 5.74) is 0.709. The van der Waals surface area contributed by atoms with Gasteiger partial charge in [-0.1, -0.05) is 0 Å².